The summed E-state index contributed by atoms with van der Waals surface area (Å²) < 4.78 is 41.8. The van der Waals surface area contributed by atoms with Gasteiger partial charge >= 0.3 is 0 Å². The van der Waals surface area contributed by atoms with Crippen LogP contribution in [0.2, 0.25) is 0 Å². The fourth-order valence-electron chi connectivity index (χ4n) is 4.43. The Labute approximate surface area is 237 Å². The largest absolute Gasteiger partial charge is 0.354 e. The summed E-state index contributed by atoms with van der Waals surface area (Å²) in [5, 5.41) is 2.91. The summed E-state index contributed by atoms with van der Waals surface area (Å²) >= 11 is 0. The summed E-state index contributed by atoms with van der Waals surface area (Å²) in [7, 11) is -3.88. The fourth-order valence-corrected chi connectivity index (χ4v) is 5.31. The van der Waals surface area contributed by atoms with E-state index in [0.717, 1.165) is 21.7 Å². The number of nitrogens with zero attached hydrogens (tertiary/aromatic N) is 2. The van der Waals surface area contributed by atoms with Crippen molar-refractivity contribution in [3.8, 4) is 0 Å². The molecule has 0 bridgehead atoms. The molecule has 40 heavy (non-hydrogen) atoms. The monoisotopic (exact) mass is 567 g/mol. The molecule has 3 aromatic carbocycles. The molecule has 3 aromatic rings. The second kappa shape index (κ2) is 14.1. The van der Waals surface area contributed by atoms with E-state index in [2.05, 4.69) is 5.32 Å². The van der Waals surface area contributed by atoms with Crippen LogP contribution in [0.1, 0.15) is 37.5 Å². The molecule has 0 fully saturated rings. The minimum atomic E-state index is -3.88. The van der Waals surface area contributed by atoms with Crippen molar-refractivity contribution in [1.29, 1.82) is 0 Å². The molecule has 214 valence electrons. The van der Waals surface area contributed by atoms with Crippen LogP contribution in [-0.4, -0.2) is 50.5 Å². The van der Waals surface area contributed by atoms with E-state index in [0.29, 0.717) is 18.7 Å². The lowest BCUT2D eigenvalue weighted by molar-refractivity contribution is -0.140. The third kappa shape index (κ3) is 8.39. The van der Waals surface area contributed by atoms with E-state index in [4.69, 9.17) is 0 Å². The molecule has 9 heteroatoms. The van der Waals surface area contributed by atoms with E-state index in [-0.39, 0.29) is 30.4 Å². The molecule has 1 atom stereocenters. The number of aryl methyl sites for hydroxylation is 1. The van der Waals surface area contributed by atoms with Gasteiger partial charge in [-0.2, -0.15) is 0 Å². The smallest absolute Gasteiger partial charge is 0.244 e. The van der Waals surface area contributed by atoms with Crippen LogP contribution < -0.4 is 9.62 Å². The quantitative estimate of drug-likeness (QED) is 0.328. The van der Waals surface area contributed by atoms with Gasteiger partial charge in [0, 0.05) is 25.1 Å². The molecular formula is C31H38FN3O4S. The number of sulfonamides is 1. The number of carbonyl (C=O) groups excluding carboxylic acids is 2. The van der Waals surface area contributed by atoms with Crippen molar-refractivity contribution in [1.82, 2.24) is 10.2 Å². The number of amides is 2. The molecule has 0 aliphatic rings. The summed E-state index contributed by atoms with van der Waals surface area (Å²) in [6.07, 6.45) is 1.78. The SMILES string of the molecule is CCc1ccccc1N(CC(=O)N(Cc1ccccc1F)[C@H](Cc1ccccc1)C(=O)NCC(C)C)S(C)(=O)=O. The average molecular weight is 568 g/mol. The van der Waals surface area contributed by atoms with Crippen LogP contribution in [-0.2, 0) is 39.0 Å². The van der Waals surface area contributed by atoms with Gasteiger partial charge in [-0.05, 0) is 35.6 Å². The van der Waals surface area contributed by atoms with E-state index < -0.39 is 34.3 Å². The maximum absolute atomic E-state index is 14.8. The van der Waals surface area contributed by atoms with Gasteiger partial charge < -0.3 is 10.2 Å². The van der Waals surface area contributed by atoms with Crippen molar-refractivity contribution in [3.63, 3.8) is 0 Å². The molecule has 2 amide bonds. The first kappa shape index (κ1) is 30.8. The van der Waals surface area contributed by atoms with E-state index in [1.54, 1.807) is 30.3 Å². The average Bonchev–Trinajstić information content (AvgIpc) is 2.93. The van der Waals surface area contributed by atoms with Crippen LogP contribution in [0.3, 0.4) is 0 Å². The number of benzene rings is 3. The molecule has 0 aromatic heterocycles. The molecule has 0 radical (unpaired) electrons. The van der Waals surface area contributed by atoms with Gasteiger partial charge in [-0.3, -0.25) is 13.9 Å². The number of para-hydroxylation sites is 1. The lowest BCUT2D eigenvalue weighted by Crippen LogP contribution is -2.53. The maximum Gasteiger partial charge on any atom is 0.244 e. The Balaban J connectivity index is 2.08. The molecular weight excluding hydrogens is 529 g/mol. The summed E-state index contributed by atoms with van der Waals surface area (Å²) in [6.45, 7) is 5.48. The third-order valence-electron chi connectivity index (χ3n) is 6.57. The van der Waals surface area contributed by atoms with Crippen molar-refractivity contribution in [2.24, 2.45) is 5.92 Å². The predicted octanol–water partition coefficient (Wildman–Crippen LogP) is 4.57. The second-order valence-electron chi connectivity index (χ2n) is 10.2. The van der Waals surface area contributed by atoms with Crippen molar-refractivity contribution < 1.29 is 22.4 Å². The van der Waals surface area contributed by atoms with Crippen LogP contribution in [0, 0.1) is 11.7 Å². The van der Waals surface area contributed by atoms with Gasteiger partial charge in [0.2, 0.25) is 21.8 Å². The highest BCUT2D eigenvalue weighted by Gasteiger charge is 2.33. The highest BCUT2D eigenvalue weighted by molar-refractivity contribution is 7.92. The lowest BCUT2D eigenvalue weighted by atomic mass is 10.0. The van der Waals surface area contributed by atoms with Crippen LogP contribution >= 0.6 is 0 Å². The first-order valence-corrected chi connectivity index (χ1v) is 15.3. The minimum absolute atomic E-state index is 0.170. The first-order valence-electron chi connectivity index (χ1n) is 13.4. The number of hydrogen-bond acceptors (Lipinski definition) is 4. The maximum atomic E-state index is 14.8. The van der Waals surface area contributed by atoms with Gasteiger partial charge in [0.05, 0.1) is 11.9 Å². The molecule has 0 saturated carbocycles. The van der Waals surface area contributed by atoms with Gasteiger partial charge in [-0.15, -0.1) is 0 Å². The van der Waals surface area contributed by atoms with Gasteiger partial charge in [0.25, 0.3) is 0 Å². The number of rotatable bonds is 13. The van der Waals surface area contributed by atoms with E-state index in [1.807, 2.05) is 63.2 Å². The van der Waals surface area contributed by atoms with Crippen molar-refractivity contribution in [2.45, 2.75) is 46.2 Å². The fraction of sp³-hybridized carbons (Fsp3) is 0.355. The predicted molar refractivity (Wildman–Crippen MR) is 157 cm³/mol. The van der Waals surface area contributed by atoms with Crippen LogP contribution in [0.5, 0.6) is 0 Å². The van der Waals surface area contributed by atoms with Gasteiger partial charge in [0.15, 0.2) is 0 Å². The van der Waals surface area contributed by atoms with Crippen LogP contribution in [0.15, 0.2) is 78.9 Å². The van der Waals surface area contributed by atoms with Gasteiger partial charge in [0.1, 0.15) is 18.4 Å². The lowest BCUT2D eigenvalue weighted by Gasteiger charge is -2.34. The van der Waals surface area contributed by atoms with Gasteiger partial charge in [-0.1, -0.05) is 87.5 Å². The number of carbonyl (C=O) groups is 2. The zero-order valence-corrected chi connectivity index (χ0v) is 24.3. The summed E-state index contributed by atoms with van der Waals surface area (Å²) in [5.41, 5.74) is 2.20. The molecule has 7 nitrogen and oxygen atoms in total. The van der Waals surface area contributed by atoms with E-state index >= 15 is 0 Å². The first-order chi connectivity index (χ1) is 19.0. The molecule has 1 N–H and O–H groups in total. The van der Waals surface area contributed by atoms with Crippen molar-refractivity contribution >= 4 is 27.5 Å². The Bertz CT molecular complexity index is 1400. The number of anilines is 1. The zero-order valence-electron chi connectivity index (χ0n) is 23.5. The topological polar surface area (TPSA) is 86.8 Å². The molecule has 0 unspecified atom stereocenters. The third-order valence-corrected chi connectivity index (χ3v) is 7.70. The summed E-state index contributed by atoms with van der Waals surface area (Å²) in [5.74, 6) is -1.34. The highest BCUT2D eigenvalue weighted by Crippen LogP contribution is 2.25. The Morgan fingerprint density at radius 1 is 0.900 bits per heavy atom. The normalized spacial score (nSPS) is 12.2. The van der Waals surface area contributed by atoms with Crippen LogP contribution in [0.25, 0.3) is 0 Å². The summed E-state index contributed by atoms with van der Waals surface area (Å²) in [6, 6.07) is 21.3. The Kier molecular flexibility index (Phi) is 10.8. The van der Waals surface area contributed by atoms with E-state index in [9.17, 15) is 22.4 Å². The molecule has 0 heterocycles. The highest BCUT2D eigenvalue weighted by atomic mass is 32.2. The molecule has 3 rings (SSSR count). The van der Waals surface area contributed by atoms with Crippen molar-refractivity contribution in [3.05, 3.63) is 101 Å². The molecule has 0 aliphatic carbocycles. The standard InChI is InChI=1S/C31H38FN3O4S/c1-5-25-15-10-12-18-28(25)35(40(4,38)39)22-30(36)34(21-26-16-9-11-17-27(26)32)29(31(37)33-20-23(2)3)19-24-13-7-6-8-14-24/h6-18,23,29H,5,19-22H2,1-4H3,(H,33,37)/t29-/m1/s1. The zero-order chi connectivity index (χ0) is 29.3. The van der Waals surface area contributed by atoms with Crippen molar-refractivity contribution in [2.75, 3.05) is 23.7 Å². The Morgan fingerprint density at radius 2 is 1.50 bits per heavy atom. The summed E-state index contributed by atoms with van der Waals surface area (Å²) in [4.78, 5) is 29.0. The Hall–Kier alpha value is -3.72. The molecule has 0 spiro atoms. The number of nitrogens with one attached hydrogen (secondary N) is 1. The molecule has 0 saturated heterocycles. The van der Waals surface area contributed by atoms with Gasteiger partial charge in [-0.25, -0.2) is 12.8 Å². The molecule has 0 aliphatic heterocycles. The number of hydrogen-bond donors (Lipinski definition) is 1. The van der Waals surface area contributed by atoms with E-state index in [1.165, 1.54) is 11.0 Å². The second-order valence-corrected chi connectivity index (χ2v) is 12.1. The number of halogens is 1. The Morgan fingerprint density at radius 3 is 2.10 bits per heavy atom. The minimum Gasteiger partial charge on any atom is -0.354 e. The van der Waals surface area contributed by atoms with Crippen LogP contribution in [0.4, 0.5) is 10.1 Å².